The lowest BCUT2D eigenvalue weighted by atomic mass is 10.0. The van der Waals surface area contributed by atoms with Gasteiger partial charge < -0.3 is 37.0 Å². The van der Waals surface area contributed by atoms with Gasteiger partial charge in [-0.3, -0.25) is 28.8 Å². The second-order valence-corrected chi connectivity index (χ2v) is 10.2. The van der Waals surface area contributed by atoms with E-state index in [0.717, 1.165) is 13.0 Å². The van der Waals surface area contributed by atoms with Crippen LogP contribution in [-0.4, -0.2) is 84.4 Å². The van der Waals surface area contributed by atoms with Gasteiger partial charge in [0, 0.05) is 0 Å². The second kappa shape index (κ2) is 15.8. The van der Waals surface area contributed by atoms with Crippen LogP contribution < -0.4 is 31.9 Å². The van der Waals surface area contributed by atoms with Crippen molar-refractivity contribution in [2.24, 2.45) is 11.8 Å². The monoisotopic (exact) mass is 526 g/mol. The first-order valence-corrected chi connectivity index (χ1v) is 12.7. The molecule has 0 spiro atoms. The highest BCUT2D eigenvalue weighted by atomic mass is 16.4. The van der Waals surface area contributed by atoms with Gasteiger partial charge in [-0.25, -0.2) is 0 Å². The maximum absolute atomic E-state index is 12.8. The Morgan fingerprint density at radius 1 is 0.784 bits per heavy atom. The van der Waals surface area contributed by atoms with E-state index in [0.29, 0.717) is 12.8 Å². The van der Waals surface area contributed by atoms with Gasteiger partial charge in [0.2, 0.25) is 29.5 Å². The van der Waals surface area contributed by atoms with Crippen molar-refractivity contribution in [2.45, 2.75) is 84.5 Å². The molecule has 0 bridgehead atoms. The Balaban J connectivity index is 2.64. The minimum absolute atomic E-state index is 0.0290. The van der Waals surface area contributed by atoms with Crippen molar-refractivity contribution in [1.82, 2.24) is 31.9 Å². The van der Waals surface area contributed by atoms with E-state index in [4.69, 9.17) is 5.11 Å². The summed E-state index contributed by atoms with van der Waals surface area (Å²) in [5.41, 5.74) is 0. The number of amides is 5. The molecule has 1 aliphatic heterocycles. The van der Waals surface area contributed by atoms with Crippen LogP contribution in [0.5, 0.6) is 0 Å². The van der Waals surface area contributed by atoms with Gasteiger partial charge >= 0.3 is 5.97 Å². The maximum Gasteiger partial charge on any atom is 0.325 e. The molecule has 0 aromatic carbocycles. The first-order chi connectivity index (χ1) is 17.3. The van der Waals surface area contributed by atoms with E-state index in [1.165, 1.54) is 6.92 Å². The Kier molecular flexibility index (Phi) is 13.6. The summed E-state index contributed by atoms with van der Waals surface area (Å²) in [6.45, 7) is 8.74. The molecule has 1 rings (SSSR count). The van der Waals surface area contributed by atoms with E-state index in [9.17, 15) is 28.8 Å². The highest BCUT2D eigenvalue weighted by molar-refractivity contribution is 5.94. The number of carboxylic acids is 1. The molecule has 0 aromatic heterocycles. The predicted molar refractivity (Wildman–Crippen MR) is 135 cm³/mol. The number of nitrogens with one attached hydrogen (secondary N) is 6. The van der Waals surface area contributed by atoms with Gasteiger partial charge in [0.25, 0.3) is 0 Å². The highest BCUT2D eigenvalue weighted by Gasteiger charge is 2.28. The van der Waals surface area contributed by atoms with Crippen LogP contribution in [0.4, 0.5) is 0 Å². The van der Waals surface area contributed by atoms with E-state index in [-0.39, 0.29) is 30.2 Å². The predicted octanol–water partition coefficient (Wildman–Crippen LogP) is -1.38. The molecule has 1 fully saturated rings. The van der Waals surface area contributed by atoms with Gasteiger partial charge in [-0.1, -0.05) is 27.7 Å². The molecule has 4 atom stereocenters. The average Bonchev–Trinajstić information content (AvgIpc) is 3.34. The number of aliphatic carboxylic acids is 1. The maximum atomic E-state index is 12.8. The molecule has 210 valence electrons. The van der Waals surface area contributed by atoms with E-state index in [1.807, 2.05) is 27.7 Å². The Bertz CT molecular complexity index is 826. The summed E-state index contributed by atoms with van der Waals surface area (Å²) in [4.78, 5) is 73.0. The van der Waals surface area contributed by atoms with Gasteiger partial charge in [-0.05, 0) is 51.0 Å². The molecule has 0 aliphatic carbocycles. The van der Waals surface area contributed by atoms with Crippen molar-refractivity contribution in [3.05, 3.63) is 0 Å². The van der Waals surface area contributed by atoms with E-state index in [1.54, 1.807) is 0 Å². The smallest absolute Gasteiger partial charge is 0.325 e. The van der Waals surface area contributed by atoms with Crippen LogP contribution >= 0.6 is 0 Å². The zero-order chi connectivity index (χ0) is 28.1. The summed E-state index contributed by atoms with van der Waals surface area (Å²) < 4.78 is 0. The van der Waals surface area contributed by atoms with E-state index < -0.39 is 60.8 Å². The van der Waals surface area contributed by atoms with Crippen molar-refractivity contribution in [3.63, 3.8) is 0 Å². The Hall–Kier alpha value is -3.22. The van der Waals surface area contributed by atoms with Crippen LogP contribution in [-0.2, 0) is 28.8 Å². The molecule has 0 aromatic rings. The van der Waals surface area contributed by atoms with Gasteiger partial charge in [-0.2, -0.15) is 0 Å². The van der Waals surface area contributed by atoms with Crippen molar-refractivity contribution < 1.29 is 33.9 Å². The lowest BCUT2D eigenvalue weighted by molar-refractivity contribution is -0.141. The van der Waals surface area contributed by atoms with E-state index >= 15 is 0 Å². The minimum atomic E-state index is -1.21. The van der Waals surface area contributed by atoms with Crippen molar-refractivity contribution in [2.75, 3.05) is 19.6 Å². The third-order valence-electron chi connectivity index (χ3n) is 5.67. The first-order valence-electron chi connectivity index (χ1n) is 12.7. The molecule has 7 N–H and O–H groups in total. The normalized spacial score (nSPS) is 17.4. The summed E-state index contributed by atoms with van der Waals surface area (Å²) >= 11 is 0. The van der Waals surface area contributed by atoms with Crippen LogP contribution in [0.1, 0.15) is 60.3 Å². The number of carbonyl (C=O) groups excluding carboxylic acids is 5. The summed E-state index contributed by atoms with van der Waals surface area (Å²) in [7, 11) is 0. The summed E-state index contributed by atoms with van der Waals surface area (Å²) in [6, 6.07) is -3.22. The number of carbonyl (C=O) groups is 6. The molecule has 1 heterocycles. The lowest BCUT2D eigenvalue weighted by Gasteiger charge is -2.23. The van der Waals surface area contributed by atoms with Crippen molar-refractivity contribution >= 4 is 35.5 Å². The lowest BCUT2D eigenvalue weighted by Crippen LogP contribution is -2.54. The third-order valence-corrected chi connectivity index (χ3v) is 5.67. The molecule has 1 aliphatic rings. The van der Waals surface area contributed by atoms with Crippen molar-refractivity contribution in [3.8, 4) is 0 Å². The number of rotatable bonds is 15. The Morgan fingerprint density at radius 3 is 1.70 bits per heavy atom. The Morgan fingerprint density at radius 2 is 1.27 bits per heavy atom. The van der Waals surface area contributed by atoms with Crippen LogP contribution in [0.3, 0.4) is 0 Å². The summed E-state index contributed by atoms with van der Waals surface area (Å²) in [5.74, 6) is -3.71. The van der Waals surface area contributed by atoms with Crippen molar-refractivity contribution in [1.29, 1.82) is 0 Å². The Labute approximate surface area is 217 Å². The zero-order valence-corrected chi connectivity index (χ0v) is 22.3. The molecule has 1 saturated heterocycles. The largest absolute Gasteiger partial charge is 0.480 e. The third kappa shape index (κ3) is 12.5. The zero-order valence-electron chi connectivity index (χ0n) is 22.3. The van der Waals surface area contributed by atoms with Crippen LogP contribution in [0.25, 0.3) is 0 Å². The molecular formula is C24H42N6O7. The fourth-order valence-corrected chi connectivity index (χ4v) is 3.77. The molecule has 37 heavy (non-hydrogen) atoms. The van der Waals surface area contributed by atoms with Crippen LogP contribution in [0.2, 0.25) is 0 Å². The molecule has 0 radical (unpaired) electrons. The first kappa shape index (κ1) is 31.8. The van der Waals surface area contributed by atoms with Gasteiger partial charge in [0.15, 0.2) is 0 Å². The fraction of sp³-hybridized carbons (Fsp3) is 0.750. The summed E-state index contributed by atoms with van der Waals surface area (Å²) in [5, 5.41) is 24.4. The minimum Gasteiger partial charge on any atom is -0.480 e. The topological polar surface area (TPSA) is 195 Å². The van der Waals surface area contributed by atoms with Crippen LogP contribution in [0, 0.1) is 11.8 Å². The average molecular weight is 527 g/mol. The number of carboxylic acid groups (broad SMARTS) is 1. The molecule has 0 unspecified atom stereocenters. The van der Waals surface area contributed by atoms with Crippen LogP contribution in [0.15, 0.2) is 0 Å². The molecule has 0 saturated carbocycles. The standard InChI is InChI=1S/C24H42N6O7/c1-13(2)9-17(21(33)26-11-19(31)28-15(5)24(36)37)29-20(32)12-27-22(34)18(10-14(3)4)30-23(35)16-7-6-8-25-16/h13-18,25H,6-12H2,1-5H3,(H,26,33)(H,27,34)(H,28,31)(H,29,32)(H,30,35)(H,36,37)/t15-,16-,17-,18-/m0/s1. The number of hydrogen-bond acceptors (Lipinski definition) is 7. The van der Waals surface area contributed by atoms with E-state index in [2.05, 4.69) is 31.9 Å². The molecule has 5 amide bonds. The molecular weight excluding hydrogens is 484 g/mol. The summed E-state index contributed by atoms with van der Waals surface area (Å²) in [6.07, 6.45) is 2.26. The SMILES string of the molecule is CC(C)C[C@H](NC(=O)CNC(=O)[C@H](CC(C)C)NC(=O)[C@@H]1CCCN1)C(=O)NCC(=O)N[C@@H](C)C(=O)O. The molecule has 13 nitrogen and oxygen atoms in total. The van der Waals surface area contributed by atoms with Gasteiger partial charge in [0.1, 0.15) is 18.1 Å². The highest BCUT2D eigenvalue weighted by Crippen LogP contribution is 2.09. The second-order valence-electron chi connectivity index (χ2n) is 10.2. The van der Waals surface area contributed by atoms with Gasteiger partial charge in [0.05, 0.1) is 19.1 Å². The van der Waals surface area contributed by atoms with Gasteiger partial charge in [-0.15, -0.1) is 0 Å². The fourth-order valence-electron chi connectivity index (χ4n) is 3.77. The number of hydrogen-bond donors (Lipinski definition) is 7. The molecule has 13 heteroatoms. The quantitative estimate of drug-likeness (QED) is 0.136.